The number of hydrogen-bond donors (Lipinski definition) is 2. The second kappa shape index (κ2) is 7.54. The van der Waals surface area contributed by atoms with Gasteiger partial charge in [0.2, 0.25) is 10.0 Å². The van der Waals surface area contributed by atoms with Crippen LogP contribution in [0.25, 0.3) is 0 Å². The topological polar surface area (TPSA) is 75.6 Å². The summed E-state index contributed by atoms with van der Waals surface area (Å²) in [6.45, 7) is 2.72. The largest absolute Gasteiger partial charge is 0.392 e. The van der Waals surface area contributed by atoms with E-state index in [1.165, 1.54) is 6.07 Å². The first-order chi connectivity index (χ1) is 9.01. The highest BCUT2D eigenvalue weighted by Crippen LogP contribution is 2.15. The Kier molecular flexibility index (Phi) is 6.36. The van der Waals surface area contributed by atoms with Gasteiger partial charge in [-0.25, -0.2) is 17.5 Å². The summed E-state index contributed by atoms with van der Waals surface area (Å²) in [5, 5.41) is 8.83. The number of benzene rings is 1. The van der Waals surface area contributed by atoms with Crippen LogP contribution in [-0.2, 0) is 21.4 Å². The number of aliphatic hydroxyl groups excluding tert-OH is 1. The Labute approximate surface area is 112 Å². The van der Waals surface area contributed by atoms with Gasteiger partial charge in [0.25, 0.3) is 0 Å². The third kappa shape index (κ3) is 4.87. The smallest absolute Gasteiger partial charge is 0.243 e. The molecule has 0 aliphatic heterocycles. The zero-order valence-electron chi connectivity index (χ0n) is 10.7. The predicted molar refractivity (Wildman–Crippen MR) is 68.6 cm³/mol. The second-order valence-corrected chi connectivity index (χ2v) is 5.61. The zero-order chi connectivity index (χ0) is 14.3. The first kappa shape index (κ1) is 16.0. The van der Waals surface area contributed by atoms with Crippen molar-refractivity contribution in [3.63, 3.8) is 0 Å². The number of nitrogens with one attached hydrogen (secondary N) is 1. The summed E-state index contributed by atoms with van der Waals surface area (Å²) in [6.07, 6.45) is 0.517. The van der Waals surface area contributed by atoms with Crippen LogP contribution in [0.1, 0.15) is 18.9 Å². The van der Waals surface area contributed by atoms with Crippen LogP contribution < -0.4 is 4.72 Å². The minimum Gasteiger partial charge on any atom is -0.392 e. The first-order valence-electron chi connectivity index (χ1n) is 5.98. The van der Waals surface area contributed by atoms with Gasteiger partial charge >= 0.3 is 0 Å². The maximum absolute atomic E-state index is 13.6. The summed E-state index contributed by atoms with van der Waals surface area (Å²) in [5.74, 6) is -0.871. The lowest BCUT2D eigenvalue weighted by atomic mass is 10.2. The maximum Gasteiger partial charge on any atom is 0.243 e. The lowest BCUT2D eigenvalue weighted by molar-refractivity contribution is 0.146. The molecule has 5 nitrogen and oxygen atoms in total. The molecule has 0 aliphatic rings. The number of rotatable bonds is 8. The van der Waals surface area contributed by atoms with Gasteiger partial charge in [0, 0.05) is 19.8 Å². The van der Waals surface area contributed by atoms with Crippen molar-refractivity contribution in [1.82, 2.24) is 4.72 Å². The van der Waals surface area contributed by atoms with Crippen LogP contribution in [0.4, 0.5) is 4.39 Å². The average Bonchev–Trinajstić information content (AvgIpc) is 2.37. The minimum atomic E-state index is -3.87. The molecule has 0 saturated heterocycles. The van der Waals surface area contributed by atoms with Gasteiger partial charge < -0.3 is 9.84 Å². The van der Waals surface area contributed by atoms with Crippen LogP contribution in [0.15, 0.2) is 23.1 Å². The molecule has 1 aromatic rings. The molecule has 19 heavy (non-hydrogen) atoms. The Morgan fingerprint density at radius 1 is 1.42 bits per heavy atom. The quantitative estimate of drug-likeness (QED) is 0.701. The highest BCUT2D eigenvalue weighted by molar-refractivity contribution is 7.89. The molecular formula is C12H18FNO4S. The average molecular weight is 291 g/mol. The van der Waals surface area contributed by atoms with Gasteiger partial charge in [0.15, 0.2) is 0 Å². The zero-order valence-corrected chi connectivity index (χ0v) is 11.5. The van der Waals surface area contributed by atoms with Gasteiger partial charge in [-0.2, -0.15) is 0 Å². The van der Waals surface area contributed by atoms with E-state index in [1.54, 1.807) is 0 Å². The molecule has 7 heteroatoms. The van der Waals surface area contributed by atoms with Crippen molar-refractivity contribution >= 4 is 10.0 Å². The van der Waals surface area contributed by atoms with Gasteiger partial charge in [0.1, 0.15) is 10.7 Å². The molecule has 0 bridgehead atoms. The predicted octanol–water partition coefficient (Wildman–Crippen LogP) is 1.02. The van der Waals surface area contributed by atoms with Crippen molar-refractivity contribution in [2.75, 3.05) is 19.8 Å². The SMILES string of the molecule is CCOCCCNS(=O)(=O)c1ccc(CO)cc1F. The van der Waals surface area contributed by atoms with E-state index < -0.39 is 20.7 Å². The number of aliphatic hydroxyl groups is 1. The van der Waals surface area contributed by atoms with E-state index in [1.807, 2.05) is 6.92 Å². The highest BCUT2D eigenvalue weighted by Gasteiger charge is 2.18. The van der Waals surface area contributed by atoms with Crippen molar-refractivity contribution in [3.05, 3.63) is 29.6 Å². The van der Waals surface area contributed by atoms with Gasteiger partial charge in [-0.05, 0) is 31.0 Å². The van der Waals surface area contributed by atoms with Crippen LogP contribution in [0.5, 0.6) is 0 Å². The third-order valence-electron chi connectivity index (χ3n) is 2.43. The monoisotopic (exact) mass is 291 g/mol. The molecule has 0 atom stereocenters. The Morgan fingerprint density at radius 3 is 2.74 bits per heavy atom. The van der Waals surface area contributed by atoms with Crippen molar-refractivity contribution in [1.29, 1.82) is 0 Å². The number of sulfonamides is 1. The molecule has 0 amide bonds. The van der Waals surface area contributed by atoms with Crippen molar-refractivity contribution in [2.45, 2.75) is 24.8 Å². The van der Waals surface area contributed by atoms with E-state index in [4.69, 9.17) is 9.84 Å². The molecule has 0 saturated carbocycles. The molecule has 0 fully saturated rings. The van der Waals surface area contributed by atoms with E-state index in [-0.39, 0.29) is 13.2 Å². The molecule has 2 N–H and O–H groups in total. The van der Waals surface area contributed by atoms with E-state index in [0.29, 0.717) is 25.2 Å². The fourth-order valence-corrected chi connectivity index (χ4v) is 2.59. The Bertz CT molecular complexity index is 504. The van der Waals surface area contributed by atoms with E-state index in [2.05, 4.69) is 4.72 Å². The summed E-state index contributed by atoms with van der Waals surface area (Å²) in [5.41, 5.74) is 0.327. The number of halogens is 1. The van der Waals surface area contributed by atoms with Gasteiger partial charge in [-0.15, -0.1) is 0 Å². The van der Waals surface area contributed by atoms with Crippen LogP contribution in [-0.4, -0.2) is 33.3 Å². The first-order valence-corrected chi connectivity index (χ1v) is 7.46. The lowest BCUT2D eigenvalue weighted by Crippen LogP contribution is -2.26. The van der Waals surface area contributed by atoms with E-state index >= 15 is 0 Å². The van der Waals surface area contributed by atoms with Gasteiger partial charge in [-0.1, -0.05) is 6.07 Å². The molecule has 108 valence electrons. The highest BCUT2D eigenvalue weighted by atomic mass is 32.2. The molecule has 0 aliphatic carbocycles. The van der Waals surface area contributed by atoms with E-state index in [9.17, 15) is 12.8 Å². The fourth-order valence-electron chi connectivity index (χ4n) is 1.46. The Hall–Kier alpha value is -1.02. The molecule has 1 rings (SSSR count). The van der Waals surface area contributed by atoms with Gasteiger partial charge in [0.05, 0.1) is 6.61 Å². The van der Waals surface area contributed by atoms with Crippen LogP contribution in [0, 0.1) is 5.82 Å². The second-order valence-electron chi connectivity index (χ2n) is 3.87. The number of ether oxygens (including phenoxy) is 1. The van der Waals surface area contributed by atoms with Crippen molar-refractivity contribution in [3.8, 4) is 0 Å². The molecule has 0 radical (unpaired) electrons. The lowest BCUT2D eigenvalue weighted by Gasteiger charge is -2.08. The third-order valence-corrected chi connectivity index (χ3v) is 3.92. The molecule has 0 unspecified atom stereocenters. The Balaban J connectivity index is 2.67. The van der Waals surface area contributed by atoms with Crippen LogP contribution in [0.3, 0.4) is 0 Å². The summed E-state index contributed by atoms with van der Waals surface area (Å²) >= 11 is 0. The summed E-state index contributed by atoms with van der Waals surface area (Å²) in [7, 11) is -3.87. The molecule has 1 aromatic carbocycles. The van der Waals surface area contributed by atoms with Gasteiger partial charge in [-0.3, -0.25) is 0 Å². The fraction of sp³-hybridized carbons (Fsp3) is 0.500. The standard InChI is InChI=1S/C12H18FNO4S/c1-2-18-7-3-6-14-19(16,17)12-5-4-10(9-15)8-11(12)13/h4-5,8,14-15H,2-3,6-7,9H2,1H3. The molecule has 0 heterocycles. The Morgan fingerprint density at radius 2 is 2.16 bits per heavy atom. The van der Waals surface area contributed by atoms with Crippen LogP contribution in [0.2, 0.25) is 0 Å². The molecule has 0 spiro atoms. The summed E-state index contributed by atoms with van der Waals surface area (Å²) < 4.78 is 44.6. The summed E-state index contributed by atoms with van der Waals surface area (Å²) in [4.78, 5) is -0.416. The van der Waals surface area contributed by atoms with E-state index in [0.717, 1.165) is 12.1 Å². The molecule has 0 aromatic heterocycles. The molecular weight excluding hydrogens is 273 g/mol. The van der Waals surface area contributed by atoms with Crippen molar-refractivity contribution in [2.24, 2.45) is 0 Å². The summed E-state index contributed by atoms with van der Waals surface area (Å²) in [6, 6.07) is 3.53. The van der Waals surface area contributed by atoms with Crippen LogP contribution >= 0.6 is 0 Å². The maximum atomic E-state index is 13.6. The number of hydrogen-bond acceptors (Lipinski definition) is 4. The minimum absolute atomic E-state index is 0.184. The normalized spacial score (nSPS) is 11.7. The van der Waals surface area contributed by atoms with Crippen molar-refractivity contribution < 1.29 is 22.7 Å².